The summed E-state index contributed by atoms with van der Waals surface area (Å²) in [6.45, 7) is -2.13. The SMILES string of the molecule is CN(O)NC(=O)N(CCN(CCN(C(=O)N(C)O)C(=O)N(C)O)C(=O)N(C)O)C(=O)N(C)O.[Lu+3]. The van der Waals surface area contributed by atoms with Gasteiger partial charge in [0.1, 0.15) is 0 Å². The maximum absolute atomic E-state index is 12.3. The summed E-state index contributed by atoms with van der Waals surface area (Å²) in [6.07, 6.45) is 0. The van der Waals surface area contributed by atoms with E-state index in [0.29, 0.717) is 9.80 Å². The van der Waals surface area contributed by atoms with E-state index in [-0.39, 0.29) is 62.3 Å². The average Bonchev–Trinajstić information content (AvgIpc) is 2.70. The minimum absolute atomic E-state index is 0. The molecule has 34 heavy (non-hydrogen) atoms. The Balaban J connectivity index is 0. The number of hydrazine groups is 1. The number of hydroxylamine groups is 9. The summed E-state index contributed by atoms with van der Waals surface area (Å²) in [7, 11) is 4.73. The number of amides is 10. The van der Waals surface area contributed by atoms with E-state index in [0.717, 1.165) is 40.1 Å². The van der Waals surface area contributed by atoms with Gasteiger partial charge in [0.2, 0.25) is 0 Å². The number of nitrogens with one attached hydrogen (secondary N) is 1. The maximum Gasteiger partial charge on any atom is 3.00 e. The Bertz CT molecular complexity index is 702. The molecule has 0 aliphatic heterocycles. The number of carbonyl (C=O) groups excluding carboxylic acids is 5. The Kier molecular flexibility index (Phi) is 15.6. The Morgan fingerprint density at radius 3 is 1.21 bits per heavy atom. The monoisotopic (exact) mass is 658 g/mol. The van der Waals surface area contributed by atoms with E-state index < -0.39 is 56.3 Å². The first-order valence-electron chi connectivity index (χ1n) is 9.01. The zero-order chi connectivity index (χ0) is 26.0. The van der Waals surface area contributed by atoms with Crippen molar-refractivity contribution in [2.45, 2.75) is 0 Å². The number of imide groups is 2. The molecule has 0 fully saturated rings. The summed E-state index contributed by atoms with van der Waals surface area (Å²) in [4.78, 5) is 62.2. The van der Waals surface area contributed by atoms with E-state index in [4.69, 9.17) is 5.21 Å². The second-order valence-corrected chi connectivity index (χ2v) is 6.46. The first kappa shape index (κ1) is 33.9. The summed E-state index contributed by atoms with van der Waals surface area (Å²) in [6, 6.07) is -6.01. The van der Waals surface area contributed by atoms with Crippen LogP contribution in [-0.2, 0) is 0 Å². The number of urea groups is 5. The zero-order valence-electron chi connectivity index (χ0n) is 18.9. The van der Waals surface area contributed by atoms with Crippen LogP contribution in [0.25, 0.3) is 0 Å². The zero-order valence-corrected chi connectivity index (χ0v) is 20.6. The second kappa shape index (κ2) is 15.6. The molecule has 0 saturated carbocycles. The van der Waals surface area contributed by atoms with E-state index in [1.54, 1.807) is 0 Å². The van der Waals surface area contributed by atoms with Crippen molar-refractivity contribution in [1.29, 1.82) is 0 Å². The fraction of sp³-hybridized carbons (Fsp3) is 0.643. The van der Waals surface area contributed by atoms with Gasteiger partial charge in [0.25, 0.3) is 0 Å². The summed E-state index contributed by atoms with van der Waals surface area (Å²) in [5, 5.41) is 47.2. The molecule has 20 heteroatoms. The predicted octanol–water partition coefficient (Wildman–Crippen LogP) is -1.40. The van der Waals surface area contributed by atoms with Crippen molar-refractivity contribution in [3.05, 3.63) is 0 Å². The van der Waals surface area contributed by atoms with Gasteiger partial charge >= 0.3 is 67.0 Å². The van der Waals surface area contributed by atoms with Gasteiger partial charge in [0.05, 0.1) is 13.1 Å². The quantitative estimate of drug-likeness (QED) is 0.138. The van der Waals surface area contributed by atoms with Gasteiger partial charge in [-0.25, -0.2) is 59.5 Å². The molecule has 0 aliphatic rings. The Hall–Kier alpha value is -2.26. The number of carbonyl (C=O) groups is 5. The fourth-order valence-corrected chi connectivity index (χ4v) is 2.23. The molecule has 0 atom stereocenters. The van der Waals surface area contributed by atoms with Crippen molar-refractivity contribution >= 4 is 30.2 Å². The van der Waals surface area contributed by atoms with Crippen LogP contribution < -0.4 is 5.43 Å². The molecule has 0 radical (unpaired) electrons. The minimum Gasteiger partial charge on any atom is -0.319 e. The van der Waals surface area contributed by atoms with Crippen LogP contribution in [-0.4, -0.2) is 158 Å². The largest absolute Gasteiger partial charge is 3.00 e. The summed E-state index contributed by atoms with van der Waals surface area (Å²) in [5.41, 5.74) is 1.85. The first-order chi connectivity index (χ1) is 15.1. The van der Waals surface area contributed by atoms with Crippen molar-refractivity contribution in [2.24, 2.45) is 0 Å². The molecule has 0 saturated heterocycles. The van der Waals surface area contributed by atoms with Crippen LogP contribution in [0.2, 0.25) is 0 Å². The van der Waals surface area contributed by atoms with Gasteiger partial charge in [-0.15, -0.1) is 5.17 Å². The molecule has 202 valence electrons. The number of rotatable bonds is 7. The molecule has 0 aromatic heterocycles. The van der Waals surface area contributed by atoms with Gasteiger partial charge in [-0.1, -0.05) is 0 Å². The van der Waals surface area contributed by atoms with E-state index in [9.17, 15) is 44.8 Å². The van der Waals surface area contributed by atoms with E-state index in [1.165, 1.54) is 0 Å². The number of hydrogen-bond donors (Lipinski definition) is 6. The van der Waals surface area contributed by atoms with E-state index in [2.05, 4.69) is 0 Å². The van der Waals surface area contributed by atoms with Gasteiger partial charge in [-0.3, -0.25) is 26.0 Å². The fourth-order valence-electron chi connectivity index (χ4n) is 2.23. The molecule has 0 rings (SSSR count). The van der Waals surface area contributed by atoms with E-state index in [1.807, 2.05) is 5.43 Å². The Morgan fingerprint density at radius 2 is 0.882 bits per heavy atom. The van der Waals surface area contributed by atoms with Crippen LogP contribution in [0.5, 0.6) is 0 Å². The standard InChI is InChI=1S/C14H29N9O10.Lu/c1-16(29)11(25)21(7-9-23(13(27)18(3)31)14(28)19(4)32)6-8-22(12(26)17(2)30)10(24)15-20(5)33;/h29-33H,6-9H2,1-5H3,(H,15,24);/q;+3. The van der Waals surface area contributed by atoms with Crippen LogP contribution in [0.1, 0.15) is 0 Å². The first-order valence-corrected chi connectivity index (χ1v) is 9.01. The Labute approximate surface area is 223 Å². The van der Waals surface area contributed by atoms with Gasteiger partial charge in [0, 0.05) is 48.3 Å². The molecular weight excluding hydrogens is 629 g/mol. The molecule has 0 spiro atoms. The molecule has 0 aromatic carbocycles. The van der Waals surface area contributed by atoms with Crippen LogP contribution in [0, 0.1) is 36.9 Å². The third-order valence-electron chi connectivity index (χ3n) is 3.76. The predicted molar refractivity (Wildman–Crippen MR) is 103 cm³/mol. The van der Waals surface area contributed by atoms with Gasteiger partial charge in [-0.2, -0.15) is 0 Å². The van der Waals surface area contributed by atoms with Crippen LogP contribution in [0.4, 0.5) is 24.0 Å². The maximum atomic E-state index is 12.3. The second-order valence-electron chi connectivity index (χ2n) is 6.46. The number of nitrogens with zero attached hydrogens (tertiary/aromatic N) is 8. The summed E-state index contributed by atoms with van der Waals surface area (Å²) < 4.78 is 0. The molecule has 0 aliphatic carbocycles. The van der Waals surface area contributed by atoms with Crippen LogP contribution >= 0.6 is 0 Å². The van der Waals surface area contributed by atoms with Gasteiger partial charge in [-0.05, 0) is 0 Å². The third kappa shape index (κ3) is 10.8. The van der Waals surface area contributed by atoms with Crippen molar-refractivity contribution in [2.75, 3.05) is 61.4 Å². The minimum atomic E-state index is -1.25. The molecular formula is C14H29LuN9O10+3. The van der Waals surface area contributed by atoms with Crippen molar-refractivity contribution in [3.8, 4) is 0 Å². The van der Waals surface area contributed by atoms with Crippen molar-refractivity contribution < 1.29 is 86.9 Å². The molecule has 10 amide bonds. The summed E-state index contributed by atoms with van der Waals surface area (Å²) >= 11 is 0. The molecule has 0 heterocycles. The van der Waals surface area contributed by atoms with Gasteiger partial charge in [0.15, 0.2) is 0 Å². The number of hydrogen-bond acceptors (Lipinski definition) is 11. The summed E-state index contributed by atoms with van der Waals surface area (Å²) in [5.74, 6) is 0. The van der Waals surface area contributed by atoms with Crippen molar-refractivity contribution in [1.82, 2.24) is 45.6 Å². The van der Waals surface area contributed by atoms with E-state index >= 15 is 0 Å². The molecule has 0 bridgehead atoms. The molecule has 0 aromatic rings. The van der Waals surface area contributed by atoms with Crippen molar-refractivity contribution in [3.63, 3.8) is 0 Å². The van der Waals surface area contributed by atoms with Crippen LogP contribution in [0.15, 0.2) is 0 Å². The van der Waals surface area contributed by atoms with Crippen LogP contribution in [0.3, 0.4) is 0 Å². The topological polar surface area (TPSA) is 224 Å². The average molecular weight is 658 g/mol. The molecule has 19 nitrogen and oxygen atoms in total. The normalized spacial score (nSPS) is 9.97. The van der Waals surface area contributed by atoms with Gasteiger partial charge < -0.3 is 4.90 Å². The smallest absolute Gasteiger partial charge is 0.319 e. The molecule has 0 unspecified atom stereocenters. The Morgan fingerprint density at radius 1 is 0.559 bits per heavy atom. The molecule has 6 N–H and O–H groups in total. The third-order valence-corrected chi connectivity index (χ3v) is 3.76.